The first-order valence-corrected chi connectivity index (χ1v) is 8.94. The van der Waals surface area contributed by atoms with Crippen molar-refractivity contribution in [2.45, 2.75) is 25.2 Å². The first-order valence-electron chi connectivity index (χ1n) is 8.56. The van der Waals surface area contributed by atoms with Gasteiger partial charge in [-0.05, 0) is 18.6 Å². The Hall–Kier alpha value is -2.51. The number of aromatic nitrogens is 4. The van der Waals surface area contributed by atoms with E-state index in [0.29, 0.717) is 35.9 Å². The number of ether oxygens (including phenoxy) is 1. The van der Waals surface area contributed by atoms with E-state index in [0.717, 1.165) is 17.5 Å². The van der Waals surface area contributed by atoms with Gasteiger partial charge in [-0.15, -0.1) is 5.10 Å². The quantitative estimate of drug-likeness (QED) is 0.658. The maximum absolute atomic E-state index is 13.0. The number of amides is 1. The Morgan fingerprint density at radius 2 is 2.19 bits per heavy atom. The second kappa shape index (κ2) is 6.03. The molecule has 1 amide bonds. The number of hydrogen-bond donors (Lipinski definition) is 0. The van der Waals surface area contributed by atoms with Crippen LogP contribution in [0.4, 0.5) is 0 Å². The van der Waals surface area contributed by atoms with E-state index in [2.05, 4.69) is 15.3 Å². The van der Waals surface area contributed by atoms with Gasteiger partial charge in [0, 0.05) is 18.5 Å². The van der Waals surface area contributed by atoms with E-state index in [4.69, 9.17) is 16.3 Å². The van der Waals surface area contributed by atoms with Gasteiger partial charge in [0.15, 0.2) is 0 Å². The fourth-order valence-electron chi connectivity index (χ4n) is 3.76. The first-order chi connectivity index (χ1) is 12.7. The molecule has 4 heterocycles. The van der Waals surface area contributed by atoms with E-state index in [-0.39, 0.29) is 18.1 Å². The number of benzene rings is 1. The third kappa shape index (κ3) is 2.47. The molecule has 26 heavy (non-hydrogen) atoms. The summed E-state index contributed by atoms with van der Waals surface area (Å²) in [6.07, 6.45) is 2.54. The SMILES string of the molecule is O=C(c1ccc2cccc(Cl)c2n1)N1CCC2OCc3cnnn3C2C1. The Balaban J connectivity index is 1.44. The summed E-state index contributed by atoms with van der Waals surface area (Å²) in [7, 11) is 0. The summed E-state index contributed by atoms with van der Waals surface area (Å²) in [6, 6.07) is 9.21. The average Bonchev–Trinajstić information content (AvgIpc) is 3.16. The van der Waals surface area contributed by atoms with Crippen LogP contribution in [0.25, 0.3) is 10.9 Å². The van der Waals surface area contributed by atoms with Gasteiger partial charge >= 0.3 is 0 Å². The Kier molecular flexibility index (Phi) is 3.65. The maximum atomic E-state index is 13.0. The van der Waals surface area contributed by atoms with Crippen molar-refractivity contribution in [2.75, 3.05) is 13.1 Å². The number of rotatable bonds is 1. The summed E-state index contributed by atoms with van der Waals surface area (Å²) < 4.78 is 7.79. The molecule has 2 unspecified atom stereocenters. The maximum Gasteiger partial charge on any atom is 0.272 e. The van der Waals surface area contributed by atoms with E-state index in [1.54, 1.807) is 18.3 Å². The van der Waals surface area contributed by atoms with Crippen molar-refractivity contribution in [3.8, 4) is 0 Å². The zero-order chi connectivity index (χ0) is 17.7. The number of carbonyl (C=O) groups is 1. The Morgan fingerprint density at radius 1 is 1.27 bits per heavy atom. The topological polar surface area (TPSA) is 73.1 Å². The highest BCUT2D eigenvalue weighted by molar-refractivity contribution is 6.35. The Morgan fingerprint density at radius 3 is 3.12 bits per heavy atom. The predicted octanol–water partition coefficient (Wildman–Crippen LogP) is 2.47. The highest BCUT2D eigenvalue weighted by atomic mass is 35.5. The third-order valence-corrected chi connectivity index (χ3v) is 5.41. The Bertz CT molecular complexity index is 1000. The third-order valence-electron chi connectivity index (χ3n) is 5.11. The smallest absolute Gasteiger partial charge is 0.272 e. The summed E-state index contributed by atoms with van der Waals surface area (Å²) in [5.41, 5.74) is 1.99. The fourth-order valence-corrected chi connectivity index (χ4v) is 3.98. The van der Waals surface area contributed by atoms with E-state index >= 15 is 0 Å². The van der Waals surface area contributed by atoms with Gasteiger partial charge in [0.1, 0.15) is 5.69 Å². The van der Waals surface area contributed by atoms with Crippen LogP contribution in [0.3, 0.4) is 0 Å². The molecule has 1 aromatic carbocycles. The molecule has 1 saturated heterocycles. The van der Waals surface area contributed by atoms with Crippen LogP contribution in [-0.4, -0.2) is 50.0 Å². The summed E-state index contributed by atoms with van der Waals surface area (Å²) in [5, 5.41) is 9.61. The average molecular weight is 370 g/mol. The van der Waals surface area contributed by atoms with Crippen LogP contribution in [0.15, 0.2) is 36.5 Å². The highest BCUT2D eigenvalue weighted by Crippen LogP contribution is 2.31. The van der Waals surface area contributed by atoms with Gasteiger partial charge in [-0.25, -0.2) is 9.67 Å². The van der Waals surface area contributed by atoms with Gasteiger partial charge in [0.25, 0.3) is 5.91 Å². The van der Waals surface area contributed by atoms with Crippen molar-refractivity contribution in [2.24, 2.45) is 0 Å². The van der Waals surface area contributed by atoms with E-state index in [1.807, 2.05) is 27.8 Å². The van der Waals surface area contributed by atoms with Crippen molar-refractivity contribution in [1.82, 2.24) is 24.9 Å². The molecule has 2 aliphatic rings. The normalized spacial score (nSPS) is 22.1. The number of halogens is 1. The molecule has 0 aliphatic carbocycles. The van der Waals surface area contributed by atoms with Gasteiger partial charge in [0.2, 0.25) is 0 Å². The molecular weight excluding hydrogens is 354 g/mol. The predicted molar refractivity (Wildman–Crippen MR) is 94.9 cm³/mol. The van der Waals surface area contributed by atoms with Crippen molar-refractivity contribution < 1.29 is 9.53 Å². The van der Waals surface area contributed by atoms with Crippen LogP contribution in [0.2, 0.25) is 5.02 Å². The van der Waals surface area contributed by atoms with Gasteiger partial charge in [0.05, 0.1) is 41.2 Å². The lowest BCUT2D eigenvalue weighted by atomic mass is 10.00. The molecule has 7 nitrogen and oxygen atoms in total. The molecule has 0 N–H and O–H groups in total. The lowest BCUT2D eigenvalue weighted by Gasteiger charge is -2.40. The molecule has 3 aromatic rings. The highest BCUT2D eigenvalue weighted by Gasteiger charge is 2.38. The summed E-state index contributed by atoms with van der Waals surface area (Å²) in [5.74, 6) is -0.0995. The molecule has 0 spiro atoms. The first kappa shape index (κ1) is 15.7. The van der Waals surface area contributed by atoms with Crippen molar-refractivity contribution in [3.63, 3.8) is 0 Å². The zero-order valence-corrected chi connectivity index (χ0v) is 14.6. The van der Waals surface area contributed by atoms with Crippen LogP contribution in [0.5, 0.6) is 0 Å². The number of piperidine rings is 1. The van der Waals surface area contributed by atoms with Crippen molar-refractivity contribution in [1.29, 1.82) is 0 Å². The summed E-state index contributed by atoms with van der Waals surface area (Å²) >= 11 is 6.23. The molecule has 0 radical (unpaired) electrons. The van der Waals surface area contributed by atoms with Crippen molar-refractivity contribution >= 4 is 28.4 Å². The van der Waals surface area contributed by atoms with Gasteiger partial charge in [-0.3, -0.25) is 4.79 Å². The molecule has 132 valence electrons. The molecule has 5 rings (SSSR count). The number of nitrogens with zero attached hydrogens (tertiary/aromatic N) is 5. The fraction of sp³-hybridized carbons (Fsp3) is 0.333. The minimum absolute atomic E-state index is 0.0111. The van der Waals surface area contributed by atoms with Crippen molar-refractivity contribution in [3.05, 3.63) is 52.9 Å². The summed E-state index contributed by atoms with van der Waals surface area (Å²) in [4.78, 5) is 19.3. The van der Waals surface area contributed by atoms with Crippen LogP contribution < -0.4 is 0 Å². The minimum Gasteiger partial charge on any atom is -0.370 e. The van der Waals surface area contributed by atoms with E-state index in [1.165, 1.54) is 0 Å². The number of hydrogen-bond acceptors (Lipinski definition) is 5. The molecule has 8 heteroatoms. The van der Waals surface area contributed by atoms with E-state index < -0.39 is 0 Å². The molecular formula is C18H16ClN5O2. The van der Waals surface area contributed by atoms with Gasteiger partial charge in [-0.1, -0.05) is 35.0 Å². The minimum atomic E-state index is -0.0995. The second-order valence-corrected chi connectivity index (χ2v) is 7.04. The molecule has 1 fully saturated rings. The Labute approximate surface area is 154 Å². The van der Waals surface area contributed by atoms with Crippen LogP contribution in [0.1, 0.15) is 28.6 Å². The van der Waals surface area contributed by atoms with Crippen LogP contribution in [-0.2, 0) is 11.3 Å². The molecule has 2 aromatic heterocycles. The molecule has 2 aliphatic heterocycles. The van der Waals surface area contributed by atoms with Gasteiger partial charge < -0.3 is 9.64 Å². The number of para-hydroxylation sites is 1. The number of carbonyl (C=O) groups excluding carboxylic acids is 1. The van der Waals surface area contributed by atoms with Crippen LogP contribution in [0, 0.1) is 0 Å². The lowest BCUT2D eigenvalue weighted by Crippen LogP contribution is -2.50. The number of likely N-dealkylation sites (tertiary alicyclic amines) is 1. The van der Waals surface area contributed by atoms with Crippen LogP contribution >= 0.6 is 11.6 Å². The monoisotopic (exact) mass is 369 g/mol. The second-order valence-electron chi connectivity index (χ2n) is 6.63. The number of fused-ring (bicyclic) bond motifs is 4. The van der Waals surface area contributed by atoms with Gasteiger partial charge in [-0.2, -0.15) is 0 Å². The lowest BCUT2D eigenvalue weighted by molar-refractivity contribution is -0.0605. The van der Waals surface area contributed by atoms with E-state index in [9.17, 15) is 4.79 Å². The largest absolute Gasteiger partial charge is 0.370 e. The molecule has 2 atom stereocenters. The molecule has 0 bridgehead atoms. The standard InChI is InChI=1S/C18H16ClN5O2/c19-13-3-1-2-11-4-5-14(21-17(11)13)18(25)23-7-6-16-15(9-23)24-12(10-26-16)8-20-22-24/h1-5,8,15-16H,6-7,9-10H2. The molecule has 0 saturated carbocycles. The summed E-state index contributed by atoms with van der Waals surface area (Å²) in [6.45, 7) is 1.68. The number of pyridine rings is 1. The zero-order valence-electron chi connectivity index (χ0n) is 13.9.